The summed E-state index contributed by atoms with van der Waals surface area (Å²) < 4.78 is 24.9. The third-order valence-electron chi connectivity index (χ3n) is 3.89. The summed E-state index contributed by atoms with van der Waals surface area (Å²) in [6.07, 6.45) is 2.68. The van der Waals surface area contributed by atoms with Crippen molar-refractivity contribution in [3.63, 3.8) is 0 Å². The normalized spacial score (nSPS) is 16.2. The number of carbonyl (C=O) groups excluding carboxylic acids is 1. The van der Waals surface area contributed by atoms with Gasteiger partial charge < -0.3 is 9.80 Å². The minimum absolute atomic E-state index is 0.0146. The van der Waals surface area contributed by atoms with Gasteiger partial charge in [-0.05, 0) is 31.3 Å². The average molecular weight is 337 g/mol. The highest BCUT2D eigenvalue weighted by Gasteiger charge is 2.21. The molecule has 1 aliphatic rings. The first-order chi connectivity index (χ1) is 10.8. The van der Waals surface area contributed by atoms with Gasteiger partial charge in [-0.3, -0.25) is 9.10 Å². The molecule has 1 saturated heterocycles. The average Bonchev–Trinajstić information content (AvgIpc) is 2.52. The zero-order valence-electron chi connectivity index (χ0n) is 13.6. The first-order valence-corrected chi connectivity index (χ1v) is 9.34. The number of anilines is 1. The molecule has 1 fully saturated rings. The van der Waals surface area contributed by atoms with Gasteiger partial charge in [-0.2, -0.15) is 0 Å². The maximum absolute atomic E-state index is 12.5. The molecular weight excluding hydrogens is 314 g/mol. The number of piperazine rings is 1. The van der Waals surface area contributed by atoms with Gasteiger partial charge >= 0.3 is 0 Å². The lowest BCUT2D eigenvalue weighted by Gasteiger charge is -2.32. The van der Waals surface area contributed by atoms with Gasteiger partial charge in [0.15, 0.2) is 0 Å². The van der Waals surface area contributed by atoms with Gasteiger partial charge in [-0.15, -0.1) is 6.58 Å². The van der Waals surface area contributed by atoms with Crippen molar-refractivity contribution in [2.45, 2.75) is 0 Å². The van der Waals surface area contributed by atoms with E-state index >= 15 is 0 Å². The molecule has 1 aromatic rings. The number of likely N-dealkylation sites (N-methyl/N-ethyl adjacent to an activating group) is 1. The highest BCUT2D eigenvalue weighted by Crippen LogP contribution is 2.19. The number of rotatable bonds is 5. The largest absolute Gasteiger partial charge is 0.336 e. The van der Waals surface area contributed by atoms with E-state index in [-0.39, 0.29) is 12.5 Å². The summed E-state index contributed by atoms with van der Waals surface area (Å²) in [6, 6.07) is 6.68. The molecule has 0 spiro atoms. The van der Waals surface area contributed by atoms with Gasteiger partial charge in [-0.25, -0.2) is 8.42 Å². The third-order valence-corrected chi connectivity index (χ3v) is 5.05. The van der Waals surface area contributed by atoms with Crippen LogP contribution in [0.5, 0.6) is 0 Å². The zero-order valence-corrected chi connectivity index (χ0v) is 14.4. The van der Waals surface area contributed by atoms with Crippen molar-refractivity contribution in [1.82, 2.24) is 9.80 Å². The lowest BCUT2D eigenvalue weighted by atomic mass is 10.1. The van der Waals surface area contributed by atoms with Crippen molar-refractivity contribution >= 4 is 21.6 Å². The van der Waals surface area contributed by atoms with Crippen LogP contribution in [0.15, 0.2) is 36.9 Å². The molecule has 0 N–H and O–H groups in total. The number of nitrogens with zero attached hydrogens (tertiary/aromatic N) is 3. The molecule has 0 bridgehead atoms. The van der Waals surface area contributed by atoms with Crippen molar-refractivity contribution in [1.29, 1.82) is 0 Å². The molecule has 1 heterocycles. The first-order valence-electron chi connectivity index (χ1n) is 7.49. The molecule has 1 amide bonds. The number of carbonyl (C=O) groups is 1. The van der Waals surface area contributed by atoms with Crippen molar-refractivity contribution in [3.8, 4) is 0 Å². The highest BCUT2D eigenvalue weighted by atomic mass is 32.2. The lowest BCUT2D eigenvalue weighted by Crippen LogP contribution is -2.47. The number of hydrogen-bond donors (Lipinski definition) is 0. The second-order valence-electron chi connectivity index (χ2n) is 5.73. The molecule has 7 heteroatoms. The Balaban J connectivity index is 2.15. The Morgan fingerprint density at radius 2 is 1.78 bits per heavy atom. The lowest BCUT2D eigenvalue weighted by molar-refractivity contribution is 0.0664. The molecular formula is C16H23N3O3S. The fourth-order valence-electron chi connectivity index (χ4n) is 2.51. The molecule has 6 nitrogen and oxygen atoms in total. The van der Waals surface area contributed by atoms with Crippen LogP contribution in [0.25, 0.3) is 0 Å². The molecule has 2 rings (SSSR count). The fraction of sp³-hybridized carbons (Fsp3) is 0.438. The zero-order chi connectivity index (χ0) is 17.0. The van der Waals surface area contributed by atoms with E-state index in [1.54, 1.807) is 24.3 Å². The molecule has 0 unspecified atom stereocenters. The predicted molar refractivity (Wildman–Crippen MR) is 92.2 cm³/mol. The topological polar surface area (TPSA) is 60.9 Å². The Morgan fingerprint density at radius 1 is 1.22 bits per heavy atom. The maximum Gasteiger partial charge on any atom is 0.253 e. The second-order valence-corrected chi connectivity index (χ2v) is 7.63. The first kappa shape index (κ1) is 17.5. The van der Waals surface area contributed by atoms with Crippen LogP contribution in [0.2, 0.25) is 0 Å². The Labute approximate surface area is 138 Å². The SMILES string of the molecule is C=CCN(c1ccc(C(=O)N2CCN(C)CC2)cc1)S(C)(=O)=O. The second kappa shape index (κ2) is 7.14. The summed E-state index contributed by atoms with van der Waals surface area (Å²) in [4.78, 5) is 16.5. The summed E-state index contributed by atoms with van der Waals surface area (Å²) >= 11 is 0. The Hall–Kier alpha value is -1.86. The molecule has 0 atom stereocenters. The van der Waals surface area contributed by atoms with E-state index in [9.17, 15) is 13.2 Å². The smallest absolute Gasteiger partial charge is 0.253 e. The summed E-state index contributed by atoms with van der Waals surface area (Å²) in [6.45, 7) is 6.94. The van der Waals surface area contributed by atoms with E-state index in [4.69, 9.17) is 0 Å². The molecule has 0 aliphatic carbocycles. The Bertz CT molecular complexity index is 662. The summed E-state index contributed by atoms with van der Waals surface area (Å²) in [7, 11) is -1.34. The quantitative estimate of drug-likeness (QED) is 0.753. The molecule has 1 aliphatic heterocycles. The minimum Gasteiger partial charge on any atom is -0.336 e. The highest BCUT2D eigenvalue weighted by molar-refractivity contribution is 7.92. The van der Waals surface area contributed by atoms with E-state index in [2.05, 4.69) is 11.5 Å². The van der Waals surface area contributed by atoms with Crippen molar-refractivity contribution in [3.05, 3.63) is 42.5 Å². The number of hydrogen-bond acceptors (Lipinski definition) is 4. The van der Waals surface area contributed by atoms with Crippen LogP contribution in [0.3, 0.4) is 0 Å². The molecule has 0 radical (unpaired) electrons. The standard InChI is InChI=1S/C16H23N3O3S/c1-4-9-19(23(3,21)22)15-7-5-14(6-8-15)16(20)18-12-10-17(2)11-13-18/h4-8H,1,9-13H2,2-3H3. The molecule has 0 aromatic heterocycles. The van der Waals surface area contributed by atoms with Crippen molar-refractivity contribution < 1.29 is 13.2 Å². The molecule has 1 aromatic carbocycles. The molecule has 23 heavy (non-hydrogen) atoms. The minimum atomic E-state index is -3.38. The Morgan fingerprint density at radius 3 is 2.26 bits per heavy atom. The van der Waals surface area contributed by atoms with Crippen LogP contribution in [-0.2, 0) is 10.0 Å². The Kier molecular flexibility index (Phi) is 5.43. The molecule has 0 saturated carbocycles. The van der Waals surface area contributed by atoms with Crippen LogP contribution in [-0.4, -0.2) is 70.2 Å². The number of benzene rings is 1. The van der Waals surface area contributed by atoms with Crippen LogP contribution in [0.4, 0.5) is 5.69 Å². The van der Waals surface area contributed by atoms with Crippen molar-refractivity contribution in [2.24, 2.45) is 0 Å². The predicted octanol–water partition coefficient (Wildman–Crippen LogP) is 1.03. The summed E-state index contributed by atoms with van der Waals surface area (Å²) in [5, 5.41) is 0. The van der Waals surface area contributed by atoms with Gasteiger partial charge in [-0.1, -0.05) is 6.08 Å². The van der Waals surface area contributed by atoms with Gasteiger partial charge in [0.25, 0.3) is 5.91 Å². The van der Waals surface area contributed by atoms with Gasteiger partial charge in [0.05, 0.1) is 18.5 Å². The summed E-state index contributed by atoms with van der Waals surface area (Å²) in [5.74, 6) is -0.0146. The maximum atomic E-state index is 12.5. The van der Waals surface area contributed by atoms with Gasteiger partial charge in [0.2, 0.25) is 10.0 Å². The monoisotopic (exact) mass is 337 g/mol. The van der Waals surface area contributed by atoms with Crippen molar-refractivity contribution in [2.75, 3.05) is 50.3 Å². The van der Waals surface area contributed by atoms with Gasteiger partial charge in [0.1, 0.15) is 0 Å². The molecule has 126 valence electrons. The van der Waals surface area contributed by atoms with E-state index in [1.807, 2.05) is 11.9 Å². The van der Waals surface area contributed by atoms with E-state index in [0.29, 0.717) is 24.3 Å². The van der Waals surface area contributed by atoms with E-state index in [0.717, 1.165) is 19.3 Å². The number of sulfonamides is 1. The van der Waals surface area contributed by atoms with Crippen LogP contribution in [0, 0.1) is 0 Å². The van der Waals surface area contributed by atoms with Gasteiger partial charge in [0, 0.05) is 31.7 Å². The number of amides is 1. The third kappa shape index (κ3) is 4.33. The fourth-order valence-corrected chi connectivity index (χ4v) is 3.39. The van der Waals surface area contributed by atoms with E-state index in [1.165, 1.54) is 10.4 Å². The van der Waals surface area contributed by atoms with Crippen LogP contribution in [0.1, 0.15) is 10.4 Å². The van der Waals surface area contributed by atoms with Crippen LogP contribution < -0.4 is 4.31 Å². The summed E-state index contributed by atoms with van der Waals surface area (Å²) in [5.41, 5.74) is 1.10. The van der Waals surface area contributed by atoms with E-state index < -0.39 is 10.0 Å². The van der Waals surface area contributed by atoms with Crippen LogP contribution >= 0.6 is 0 Å².